The molecule has 0 aliphatic carbocycles. The molecule has 47 heavy (non-hydrogen) atoms. The largest absolute Gasteiger partial charge is 2.00 e. The van der Waals surface area contributed by atoms with Crippen molar-refractivity contribution >= 4 is 51.5 Å². The fourth-order valence-electron chi connectivity index (χ4n) is 6.85. The molecular weight excluding hydrogens is 706 g/mol. The Morgan fingerprint density at radius 2 is 0.596 bits per heavy atom. The zero-order chi connectivity index (χ0) is 35.6. The van der Waals surface area contributed by atoms with Gasteiger partial charge in [-0.05, 0) is 96.4 Å². The van der Waals surface area contributed by atoms with Crippen LogP contribution in [0.25, 0.3) is 0 Å². The summed E-state index contributed by atoms with van der Waals surface area (Å²) in [6.45, 7) is 29.6. The fourth-order valence-corrected chi connectivity index (χ4v) is 22.3. The molecule has 0 saturated heterocycles. The van der Waals surface area contributed by atoms with Gasteiger partial charge in [-0.15, -0.1) is 0 Å². The quantitative estimate of drug-likeness (QED) is 0.0376. The third kappa shape index (κ3) is 15.7. The van der Waals surface area contributed by atoms with Crippen LogP contribution in [0, 0.1) is 0 Å². The van der Waals surface area contributed by atoms with Crippen molar-refractivity contribution in [1.29, 1.82) is 0 Å². The fraction of sp³-hybridized carbons (Fsp3) is 0.950. The van der Waals surface area contributed by atoms with E-state index in [4.69, 9.17) is 34.7 Å². The maximum Gasteiger partial charge on any atom is 2.00 e. The van der Waals surface area contributed by atoms with Crippen molar-refractivity contribution in [2.75, 3.05) is 47.7 Å². The van der Waals surface area contributed by atoms with Gasteiger partial charge in [-0.1, -0.05) is 143 Å². The summed E-state index contributed by atoms with van der Waals surface area (Å²) in [5, 5.41) is 1.29. The number of hydrogen-bond donors (Lipinski definition) is 0. The van der Waals surface area contributed by atoms with E-state index in [1.165, 1.54) is 124 Å². The van der Waals surface area contributed by atoms with Crippen LogP contribution in [0.2, 0.25) is 0 Å². The Balaban J connectivity index is -0.000000807. The Morgan fingerprint density at radius 3 is 0.745 bits per heavy atom. The Kier molecular flexibility index (Phi) is 32.9. The van der Waals surface area contributed by atoms with Gasteiger partial charge in [0.1, 0.15) is 0 Å². The van der Waals surface area contributed by atoms with Gasteiger partial charge in [0.25, 0.3) is 0 Å². The molecule has 0 atom stereocenters. The van der Waals surface area contributed by atoms with E-state index in [-0.39, 0.29) is 19.5 Å². The van der Waals surface area contributed by atoms with Crippen molar-refractivity contribution in [2.24, 2.45) is 0 Å². The van der Waals surface area contributed by atoms with E-state index in [2.05, 4.69) is 83.1 Å². The molecular formula is C40H86O2S4Zn. The summed E-state index contributed by atoms with van der Waals surface area (Å²) < 4.78 is 14.7. The Labute approximate surface area is 322 Å². The summed E-state index contributed by atoms with van der Waals surface area (Å²) in [6.07, 6.45) is 19.9. The average molecular weight is 793 g/mol. The van der Waals surface area contributed by atoms with Crippen LogP contribution in [-0.4, -0.2) is 67.0 Å². The van der Waals surface area contributed by atoms with E-state index in [1.54, 1.807) is 0 Å². The van der Waals surface area contributed by atoms with Gasteiger partial charge < -0.3 is 34.7 Å². The minimum absolute atomic E-state index is 0. The zero-order valence-corrected chi connectivity index (χ0v) is 40.5. The maximum atomic E-state index is 6.28. The van der Waals surface area contributed by atoms with Gasteiger partial charge in [0.15, 0.2) is 0 Å². The van der Waals surface area contributed by atoms with Crippen LogP contribution in [-0.2, 0) is 54.2 Å². The predicted octanol–water partition coefficient (Wildman–Crippen LogP) is 13.2. The van der Waals surface area contributed by atoms with Crippen molar-refractivity contribution in [2.45, 2.75) is 196 Å². The summed E-state index contributed by atoms with van der Waals surface area (Å²) in [5.74, 6) is 7.81. The summed E-state index contributed by atoms with van der Waals surface area (Å²) in [4.78, 5) is 0. The average Bonchev–Trinajstić information content (AvgIpc) is 3.05. The van der Waals surface area contributed by atoms with Gasteiger partial charge in [0, 0.05) is 0 Å². The van der Waals surface area contributed by atoms with Crippen LogP contribution < -0.4 is 0 Å². The first-order chi connectivity index (χ1) is 21.9. The van der Waals surface area contributed by atoms with E-state index in [9.17, 15) is 0 Å². The molecule has 0 aliphatic heterocycles. The molecule has 0 aromatic rings. The molecule has 0 heterocycles. The number of ether oxygens (including phenoxy) is 2. The first-order valence-electron chi connectivity index (χ1n) is 20.0. The molecule has 0 aliphatic rings. The molecule has 7 heteroatoms. The van der Waals surface area contributed by atoms with Gasteiger partial charge >= 0.3 is 19.5 Å². The van der Waals surface area contributed by atoms with Gasteiger partial charge in [-0.3, -0.25) is 0 Å². The van der Waals surface area contributed by atoms with Gasteiger partial charge in [0.2, 0.25) is 0 Å². The Hall–Kier alpha value is 1.68. The van der Waals surface area contributed by atoms with E-state index >= 15 is 0 Å². The number of unbranched alkanes of at least 4 members (excludes halogenated alkanes) is 8. The van der Waals surface area contributed by atoms with Crippen LogP contribution in [0.1, 0.15) is 186 Å². The predicted molar refractivity (Wildman–Crippen MR) is 231 cm³/mol. The summed E-state index contributed by atoms with van der Waals surface area (Å²) >= 11 is 12.1. The first-order valence-corrected chi connectivity index (χ1v) is 26.0. The van der Waals surface area contributed by atoms with Crippen molar-refractivity contribution in [3.05, 3.63) is 0 Å². The molecule has 0 spiro atoms. The Bertz CT molecular complexity index is 760. The van der Waals surface area contributed by atoms with Crippen LogP contribution in [0.5, 0.6) is 0 Å². The summed E-state index contributed by atoms with van der Waals surface area (Å²) in [6, 6.07) is 0. The van der Waals surface area contributed by atoms with E-state index in [0.29, 0.717) is 10.5 Å². The molecule has 0 aromatic carbocycles. The second kappa shape index (κ2) is 29.2. The number of rotatable bonds is 26. The van der Waals surface area contributed by atoms with E-state index in [1.807, 2.05) is 0 Å². The molecule has 0 bridgehead atoms. The molecule has 0 aromatic heterocycles. The van der Waals surface area contributed by atoms with Crippen LogP contribution >= 0.6 is 17.5 Å². The molecule has 0 saturated carbocycles. The van der Waals surface area contributed by atoms with Gasteiger partial charge in [-0.2, -0.15) is 0 Å². The van der Waals surface area contributed by atoms with Crippen LogP contribution in [0.15, 0.2) is 0 Å². The van der Waals surface area contributed by atoms with Crippen molar-refractivity contribution in [3.8, 4) is 0 Å². The minimum Gasteiger partial charge on any atom is -0.726 e. The summed E-state index contributed by atoms with van der Waals surface area (Å²) in [5.41, 5.74) is 0. The normalized spacial score (nSPS) is 13.7. The monoisotopic (exact) mass is 790 g/mol. The van der Waals surface area contributed by atoms with E-state index < -0.39 is 17.5 Å². The van der Waals surface area contributed by atoms with Crippen molar-refractivity contribution < 1.29 is 29.0 Å². The van der Waals surface area contributed by atoms with Gasteiger partial charge in [0.05, 0.1) is 13.2 Å². The number of hydrogen-bond acceptors (Lipinski definition) is 4. The molecule has 0 fully saturated rings. The molecule has 2 nitrogen and oxygen atoms in total. The second-order valence-corrected chi connectivity index (χ2v) is 27.7. The van der Waals surface area contributed by atoms with E-state index in [0.717, 1.165) is 34.8 Å². The third-order valence-electron chi connectivity index (χ3n) is 10.8. The third-order valence-corrected chi connectivity index (χ3v) is 28.6. The minimum atomic E-state index is -1.82. The molecule has 284 valence electrons. The van der Waals surface area contributed by atoms with Crippen molar-refractivity contribution in [3.63, 3.8) is 0 Å². The molecule has 0 radical (unpaired) electrons. The van der Waals surface area contributed by atoms with Crippen LogP contribution in [0.3, 0.4) is 0 Å². The second-order valence-electron chi connectivity index (χ2n) is 14.7. The summed E-state index contributed by atoms with van der Waals surface area (Å²) in [7, 11) is -3.63. The molecule has 0 amide bonds. The van der Waals surface area contributed by atoms with Crippen LogP contribution in [0.4, 0.5) is 0 Å². The molecule has 0 rings (SSSR count). The topological polar surface area (TPSA) is 18.5 Å². The standard InChI is InChI=1S/2C20H44OS2.Zn/c2*1-7-11-15-21-20(22)23(19(5)6,16-12-8-2,17-13-9-3)18-14-10-4;/h2*19,22H,7-18H2,1-6H3;/q;;+2/p-2. The molecule has 0 unspecified atom stereocenters. The van der Waals surface area contributed by atoms with Crippen molar-refractivity contribution in [1.82, 2.24) is 0 Å². The Morgan fingerprint density at radius 1 is 0.404 bits per heavy atom. The maximum absolute atomic E-state index is 6.28. The molecule has 0 N–H and O–H groups in total. The zero-order valence-electron chi connectivity index (χ0n) is 34.3. The SMILES string of the molecule is CCCCOC([S-])=S(CCCC)(CCCC)(CCCC)C(C)C.CCCCOC([S-])=S(CCCC)(CCCC)(CCCC)C(C)C.[Zn+2]. The smallest absolute Gasteiger partial charge is 0.726 e. The first kappa shape index (κ1) is 53.0. The van der Waals surface area contributed by atoms with Gasteiger partial charge in [-0.25, -0.2) is 17.5 Å².